The number of nitrogens with one attached hydrogen (secondary N) is 1. The molecule has 0 atom stereocenters. The van der Waals surface area contributed by atoms with E-state index in [1.165, 1.54) is 40.5 Å². The average Bonchev–Trinajstić information content (AvgIpc) is 2.33. The zero-order valence-corrected chi connectivity index (χ0v) is 13.8. The van der Waals surface area contributed by atoms with Gasteiger partial charge in [0.05, 0.1) is 0 Å². The van der Waals surface area contributed by atoms with Gasteiger partial charge in [-0.15, -0.1) is 0 Å². The van der Waals surface area contributed by atoms with E-state index in [1.54, 1.807) is 0 Å². The van der Waals surface area contributed by atoms with E-state index in [4.69, 9.17) is 0 Å². The van der Waals surface area contributed by atoms with E-state index in [-0.39, 0.29) is 0 Å². The fraction of sp³-hybridized carbons (Fsp3) is 0.625. The minimum Gasteiger partial charge on any atom is -0.382 e. The van der Waals surface area contributed by atoms with Crippen LogP contribution in [0.3, 0.4) is 0 Å². The average molecular weight is 357 g/mol. The van der Waals surface area contributed by atoms with Crippen molar-refractivity contribution >= 4 is 28.3 Å². The Kier molecular flexibility index (Phi) is 4.93. The second kappa shape index (κ2) is 6.27. The van der Waals surface area contributed by atoms with Gasteiger partial charge in [0.1, 0.15) is 0 Å². The summed E-state index contributed by atoms with van der Waals surface area (Å²) in [5.74, 6) is 1.80. The van der Waals surface area contributed by atoms with Gasteiger partial charge in [0.2, 0.25) is 0 Å². The predicted octanol–water partition coefficient (Wildman–Crippen LogP) is 5.23. The van der Waals surface area contributed by atoms with Crippen LogP contribution in [0.5, 0.6) is 0 Å². The molecule has 0 unspecified atom stereocenters. The molecule has 0 radical (unpaired) electrons. The van der Waals surface area contributed by atoms with Crippen LogP contribution in [0.25, 0.3) is 0 Å². The van der Waals surface area contributed by atoms with E-state index in [9.17, 15) is 0 Å². The van der Waals surface area contributed by atoms with Crippen LogP contribution in [0, 0.1) is 22.3 Å². The third-order valence-corrected chi connectivity index (χ3v) is 4.93. The van der Waals surface area contributed by atoms with Crippen LogP contribution in [0.1, 0.15) is 45.1 Å². The van der Waals surface area contributed by atoms with Gasteiger partial charge in [-0.1, -0.05) is 13.8 Å². The summed E-state index contributed by atoms with van der Waals surface area (Å²) in [7, 11) is 0. The molecule has 2 heteroatoms. The second-order valence-electron chi connectivity index (χ2n) is 5.96. The predicted molar refractivity (Wildman–Crippen MR) is 88.1 cm³/mol. The lowest BCUT2D eigenvalue weighted by atomic mass is 9.79. The van der Waals surface area contributed by atoms with E-state index >= 15 is 0 Å². The zero-order chi connectivity index (χ0) is 13.1. The molecular formula is C16H24IN. The highest BCUT2D eigenvalue weighted by molar-refractivity contribution is 14.1. The van der Waals surface area contributed by atoms with Gasteiger partial charge in [-0.25, -0.2) is 0 Å². The zero-order valence-electron chi connectivity index (χ0n) is 11.7. The molecule has 0 bridgehead atoms. The first-order valence-corrected chi connectivity index (χ1v) is 8.17. The Morgan fingerprint density at radius 1 is 1.17 bits per heavy atom. The standard InChI is InChI=1S/C16H24IN/c1-11(2)13-4-7-15(8-5-13)18-16-9-6-14(17)10-12(16)3/h6,9-11,13,15,18H,4-5,7-8H2,1-3H3. The molecule has 1 nitrogen and oxygen atoms in total. The summed E-state index contributed by atoms with van der Waals surface area (Å²) in [6, 6.07) is 7.35. The lowest BCUT2D eigenvalue weighted by Crippen LogP contribution is -2.28. The molecule has 0 saturated heterocycles. The maximum absolute atomic E-state index is 3.73. The molecule has 1 aromatic carbocycles. The third kappa shape index (κ3) is 3.62. The summed E-state index contributed by atoms with van der Waals surface area (Å²) in [6.45, 7) is 6.92. The van der Waals surface area contributed by atoms with Gasteiger partial charge in [0.15, 0.2) is 0 Å². The van der Waals surface area contributed by atoms with E-state index in [0.717, 1.165) is 11.8 Å². The third-order valence-electron chi connectivity index (χ3n) is 4.26. The molecular weight excluding hydrogens is 333 g/mol. The Balaban J connectivity index is 1.91. The molecule has 0 amide bonds. The van der Waals surface area contributed by atoms with Gasteiger partial charge < -0.3 is 5.32 Å². The van der Waals surface area contributed by atoms with Crippen molar-refractivity contribution in [2.24, 2.45) is 11.8 Å². The smallest absolute Gasteiger partial charge is 0.0372 e. The maximum Gasteiger partial charge on any atom is 0.0372 e. The summed E-state index contributed by atoms with van der Waals surface area (Å²) >= 11 is 2.37. The van der Waals surface area contributed by atoms with E-state index in [0.29, 0.717) is 6.04 Å². The van der Waals surface area contributed by atoms with E-state index in [2.05, 4.69) is 66.9 Å². The quantitative estimate of drug-likeness (QED) is 0.731. The van der Waals surface area contributed by atoms with Crippen LogP contribution in [-0.4, -0.2) is 6.04 Å². The summed E-state index contributed by atoms with van der Waals surface area (Å²) in [5, 5.41) is 3.73. The molecule has 1 N–H and O–H groups in total. The van der Waals surface area contributed by atoms with Crippen LogP contribution in [0.2, 0.25) is 0 Å². The highest BCUT2D eigenvalue weighted by atomic mass is 127. The van der Waals surface area contributed by atoms with Crippen LogP contribution in [0.15, 0.2) is 18.2 Å². The Hall–Kier alpha value is -0.250. The van der Waals surface area contributed by atoms with Gasteiger partial charge in [-0.2, -0.15) is 0 Å². The van der Waals surface area contributed by atoms with Gasteiger partial charge in [-0.3, -0.25) is 0 Å². The summed E-state index contributed by atoms with van der Waals surface area (Å²) < 4.78 is 1.32. The van der Waals surface area contributed by atoms with Crippen LogP contribution in [-0.2, 0) is 0 Å². The number of halogens is 1. The second-order valence-corrected chi connectivity index (χ2v) is 7.20. The van der Waals surface area contributed by atoms with E-state index in [1.807, 2.05) is 0 Å². The van der Waals surface area contributed by atoms with Crippen LogP contribution < -0.4 is 5.32 Å². The summed E-state index contributed by atoms with van der Waals surface area (Å²) in [5.41, 5.74) is 2.69. The van der Waals surface area contributed by atoms with Crippen LogP contribution in [0.4, 0.5) is 5.69 Å². The number of hydrogen-bond donors (Lipinski definition) is 1. The van der Waals surface area contributed by atoms with Gasteiger partial charge >= 0.3 is 0 Å². The van der Waals surface area contributed by atoms with Crippen molar-refractivity contribution in [2.75, 3.05) is 5.32 Å². The Morgan fingerprint density at radius 3 is 2.39 bits per heavy atom. The Bertz CT molecular complexity index is 392. The Morgan fingerprint density at radius 2 is 1.83 bits per heavy atom. The van der Waals surface area contributed by atoms with Crippen molar-refractivity contribution in [1.82, 2.24) is 0 Å². The van der Waals surface area contributed by atoms with E-state index < -0.39 is 0 Å². The number of aryl methyl sites for hydroxylation is 1. The number of anilines is 1. The highest BCUT2D eigenvalue weighted by Crippen LogP contribution is 2.31. The SMILES string of the molecule is Cc1cc(I)ccc1NC1CCC(C(C)C)CC1. The first-order chi connectivity index (χ1) is 8.56. The monoisotopic (exact) mass is 357 g/mol. The van der Waals surface area contributed by atoms with Crippen molar-refractivity contribution in [3.8, 4) is 0 Å². The first kappa shape index (κ1) is 14.2. The number of rotatable bonds is 3. The van der Waals surface area contributed by atoms with Crippen molar-refractivity contribution in [2.45, 2.75) is 52.5 Å². The van der Waals surface area contributed by atoms with Gasteiger partial charge in [0.25, 0.3) is 0 Å². The maximum atomic E-state index is 3.73. The molecule has 1 aliphatic carbocycles. The molecule has 0 aromatic heterocycles. The topological polar surface area (TPSA) is 12.0 Å². The Labute approximate surface area is 125 Å². The summed E-state index contributed by atoms with van der Waals surface area (Å²) in [6.07, 6.45) is 5.43. The number of hydrogen-bond acceptors (Lipinski definition) is 1. The van der Waals surface area contributed by atoms with Gasteiger partial charge in [0, 0.05) is 15.3 Å². The first-order valence-electron chi connectivity index (χ1n) is 7.09. The molecule has 1 fully saturated rings. The number of benzene rings is 1. The van der Waals surface area contributed by atoms with Gasteiger partial charge in [-0.05, 0) is 90.8 Å². The molecule has 1 saturated carbocycles. The molecule has 18 heavy (non-hydrogen) atoms. The summed E-state index contributed by atoms with van der Waals surface area (Å²) in [4.78, 5) is 0. The molecule has 100 valence electrons. The van der Waals surface area contributed by atoms with Crippen molar-refractivity contribution in [3.05, 3.63) is 27.3 Å². The fourth-order valence-electron chi connectivity index (χ4n) is 2.94. The molecule has 0 heterocycles. The normalized spacial score (nSPS) is 24.3. The molecule has 1 aromatic rings. The fourth-order valence-corrected chi connectivity index (χ4v) is 3.59. The minimum atomic E-state index is 0.679. The minimum absolute atomic E-state index is 0.679. The van der Waals surface area contributed by atoms with Crippen molar-refractivity contribution < 1.29 is 0 Å². The molecule has 2 rings (SSSR count). The van der Waals surface area contributed by atoms with Crippen molar-refractivity contribution in [1.29, 1.82) is 0 Å². The molecule has 1 aliphatic rings. The lowest BCUT2D eigenvalue weighted by molar-refractivity contribution is 0.267. The largest absolute Gasteiger partial charge is 0.382 e. The highest BCUT2D eigenvalue weighted by Gasteiger charge is 2.23. The van der Waals surface area contributed by atoms with Crippen LogP contribution >= 0.6 is 22.6 Å². The molecule has 0 aliphatic heterocycles. The van der Waals surface area contributed by atoms with Crippen molar-refractivity contribution in [3.63, 3.8) is 0 Å². The lowest BCUT2D eigenvalue weighted by Gasteiger charge is -2.32. The molecule has 0 spiro atoms.